The van der Waals surface area contributed by atoms with E-state index in [4.69, 9.17) is 22.9 Å². The maximum Gasteiger partial charge on any atom is 0.328 e. The van der Waals surface area contributed by atoms with Gasteiger partial charge in [0.25, 0.3) is 0 Å². The topological polar surface area (TPSA) is 266 Å². The lowest BCUT2D eigenvalue weighted by atomic mass is 10.0. The standard InChI is InChI=1S/C21H41N7O7/c1-12(29)17(21(34)35)28-20(33)15(7-3-5-11-23)27-19(32)14(6-2-4-10-22)26-18(31)13(24)8-9-16(25)30/h12-15,17,29H,2-11,22-24H2,1H3,(H2,25,30)(H,26,31)(H,27,32)(H,28,33)(H,34,35). The van der Waals surface area contributed by atoms with Crippen LogP contribution in [0.1, 0.15) is 58.3 Å². The van der Waals surface area contributed by atoms with Crippen LogP contribution in [0.15, 0.2) is 0 Å². The van der Waals surface area contributed by atoms with E-state index in [1.807, 2.05) is 0 Å². The fraction of sp³-hybridized carbons (Fsp3) is 0.762. The Bertz CT molecular complexity index is 706. The Morgan fingerprint density at radius 3 is 1.63 bits per heavy atom. The van der Waals surface area contributed by atoms with Gasteiger partial charge in [-0.25, -0.2) is 4.79 Å². The molecule has 5 atom stereocenters. The number of aliphatic hydroxyl groups is 1. The fourth-order valence-corrected chi connectivity index (χ4v) is 3.15. The second-order valence-electron chi connectivity index (χ2n) is 8.37. The van der Waals surface area contributed by atoms with Crippen molar-refractivity contribution in [1.82, 2.24) is 16.0 Å². The maximum absolute atomic E-state index is 13.0. The normalized spacial score (nSPS) is 15.2. The number of hydrogen-bond acceptors (Lipinski definition) is 9. The summed E-state index contributed by atoms with van der Waals surface area (Å²) >= 11 is 0. The van der Waals surface area contributed by atoms with E-state index in [1.54, 1.807) is 0 Å². The monoisotopic (exact) mass is 503 g/mol. The highest BCUT2D eigenvalue weighted by Crippen LogP contribution is 2.07. The summed E-state index contributed by atoms with van der Waals surface area (Å²) in [6.45, 7) is 1.95. The van der Waals surface area contributed by atoms with Crippen LogP contribution in [-0.4, -0.2) is 83.2 Å². The molecule has 14 heteroatoms. The Morgan fingerprint density at radius 1 is 0.771 bits per heavy atom. The Hall–Kier alpha value is -2.81. The minimum absolute atomic E-state index is 0.00164. The lowest BCUT2D eigenvalue weighted by Crippen LogP contribution is -2.58. The second kappa shape index (κ2) is 17.6. The molecular formula is C21H41N7O7. The van der Waals surface area contributed by atoms with Crippen LogP contribution in [0.4, 0.5) is 0 Å². The number of amides is 4. The van der Waals surface area contributed by atoms with E-state index in [2.05, 4.69) is 16.0 Å². The van der Waals surface area contributed by atoms with Crippen LogP contribution in [0.3, 0.4) is 0 Å². The molecule has 0 radical (unpaired) electrons. The largest absolute Gasteiger partial charge is 0.480 e. The van der Waals surface area contributed by atoms with Crippen LogP contribution in [0.5, 0.6) is 0 Å². The van der Waals surface area contributed by atoms with Crippen LogP contribution in [0.2, 0.25) is 0 Å². The molecule has 0 heterocycles. The van der Waals surface area contributed by atoms with E-state index in [1.165, 1.54) is 6.92 Å². The van der Waals surface area contributed by atoms with Gasteiger partial charge < -0.3 is 49.1 Å². The minimum atomic E-state index is -1.57. The van der Waals surface area contributed by atoms with Crippen molar-refractivity contribution in [2.45, 2.75) is 88.6 Å². The SMILES string of the molecule is CC(O)C(NC(=O)C(CCCCN)NC(=O)C(CCCCN)NC(=O)C(N)CCC(N)=O)C(=O)O. The molecule has 0 spiro atoms. The Morgan fingerprint density at radius 2 is 1.23 bits per heavy atom. The molecule has 0 aromatic rings. The second-order valence-corrected chi connectivity index (χ2v) is 8.37. The number of carbonyl (C=O) groups excluding carboxylic acids is 4. The average molecular weight is 504 g/mol. The number of carboxylic acid groups (broad SMARTS) is 1. The van der Waals surface area contributed by atoms with Gasteiger partial charge in [0, 0.05) is 6.42 Å². The molecule has 5 unspecified atom stereocenters. The van der Waals surface area contributed by atoms with Gasteiger partial charge in [-0.1, -0.05) is 0 Å². The summed E-state index contributed by atoms with van der Waals surface area (Å²) in [5.41, 5.74) is 21.9. The van der Waals surface area contributed by atoms with Crippen LogP contribution in [0, 0.1) is 0 Å². The number of rotatable bonds is 19. The number of hydrogen-bond donors (Lipinski definition) is 9. The molecule has 0 aromatic heterocycles. The third kappa shape index (κ3) is 13.6. The molecule has 13 N–H and O–H groups in total. The van der Waals surface area contributed by atoms with Crippen molar-refractivity contribution >= 4 is 29.6 Å². The van der Waals surface area contributed by atoms with Crippen LogP contribution < -0.4 is 38.9 Å². The molecule has 0 aliphatic heterocycles. The molecule has 0 aliphatic rings. The molecule has 4 amide bonds. The smallest absolute Gasteiger partial charge is 0.328 e. The van der Waals surface area contributed by atoms with Crippen LogP contribution in [-0.2, 0) is 24.0 Å². The van der Waals surface area contributed by atoms with E-state index in [9.17, 15) is 34.2 Å². The van der Waals surface area contributed by atoms with Gasteiger partial charge in [-0.15, -0.1) is 0 Å². The van der Waals surface area contributed by atoms with Crippen LogP contribution >= 0.6 is 0 Å². The lowest BCUT2D eigenvalue weighted by molar-refractivity contribution is -0.145. The number of aliphatic carboxylic acids is 1. The maximum atomic E-state index is 13.0. The predicted molar refractivity (Wildman–Crippen MR) is 127 cm³/mol. The quantitative estimate of drug-likeness (QED) is 0.0794. The van der Waals surface area contributed by atoms with Gasteiger partial charge >= 0.3 is 5.97 Å². The molecule has 0 saturated carbocycles. The van der Waals surface area contributed by atoms with E-state index >= 15 is 0 Å². The number of carbonyl (C=O) groups is 5. The number of aliphatic hydroxyl groups excluding tert-OH is 1. The van der Waals surface area contributed by atoms with E-state index in [-0.39, 0.29) is 25.7 Å². The van der Waals surface area contributed by atoms with Gasteiger partial charge in [0.05, 0.1) is 12.1 Å². The van der Waals surface area contributed by atoms with Crippen molar-refractivity contribution < 1.29 is 34.2 Å². The van der Waals surface area contributed by atoms with Crippen molar-refractivity contribution in [3.63, 3.8) is 0 Å². The first-order valence-corrected chi connectivity index (χ1v) is 11.7. The summed E-state index contributed by atoms with van der Waals surface area (Å²) in [6, 6.07) is -4.82. The number of nitrogens with two attached hydrogens (primary N) is 4. The summed E-state index contributed by atoms with van der Waals surface area (Å²) in [4.78, 5) is 60.5. The first-order valence-electron chi connectivity index (χ1n) is 11.7. The van der Waals surface area contributed by atoms with Gasteiger partial charge in [-0.2, -0.15) is 0 Å². The lowest BCUT2D eigenvalue weighted by Gasteiger charge is -2.26. The third-order valence-corrected chi connectivity index (χ3v) is 5.24. The summed E-state index contributed by atoms with van der Waals surface area (Å²) in [7, 11) is 0. The number of nitrogens with one attached hydrogen (secondary N) is 3. The molecular weight excluding hydrogens is 462 g/mol. The Balaban J connectivity index is 5.49. The van der Waals surface area contributed by atoms with Gasteiger partial charge in [-0.05, 0) is 65.0 Å². The summed E-state index contributed by atoms with van der Waals surface area (Å²) in [5, 5.41) is 26.2. The van der Waals surface area contributed by atoms with E-state index in [0.29, 0.717) is 38.8 Å². The zero-order chi connectivity index (χ0) is 27.0. The van der Waals surface area contributed by atoms with Crippen molar-refractivity contribution in [2.75, 3.05) is 13.1 Å². The molecule has 0 fully saturated rings. The molecule has 0 aliphatic carbocycles. The molecule has 0 saturated heterocycles. The minimum Gasteiger partial charge on any atom is -0.480 e. The fourth-order valence-electron chi connectivity index (χ4n) is 3.15. The zero-order valence-corrected chi connectivity index (χ0v) is 20.2. The molecule has 0 rings (SSSR count). The Kier molecular flexibility index (Phi) is 16.2. The molecule has 14 nitrogen and oxygen atoms in total. The zero-order valence-electron chi connectivity index (χ0n) is 20.2. The molecule has 0 bridgehead atoms. The predicted octanol–water partition coefficient (Wildman–Crippen LogP) is -3.24. The van der Waals surface area contributed by atoms with Crippen LogP contribution in [0.25, 0.3) is 0 Å². The van der Waals surface area contributed by atoms with Gasteiger partial charge in [0.15, 0.2) is 6.04 Å². The van der Waals surface area contributed by atoms with Gasteiger partial charge in [0.2, 0.25) is 23.6 Å². The van der Waals surface area contributed by atoms with Crippen molar-refractivity contribution in [2.24, 2.45) is 22.9 Å². The first-order chi connectivity index (χ1) is 16.4. The molecule has 35 heavy (non-hydrogen) atoms. The molecule has 202 valence electrons. The van der Waals surface area contributed by atoms with Crippen molar-refractivity contribution in [3.05, 3.63) is 0 Å². The van der Waals surface area contributed by atoms with Gasteiger partial charge in [0.1, 0.15) is 12.1 Å². The van der Waals surface area contributed by atoms with Crippen molar-refractivity contribution in [3.8, 4) is 0 Å². The number of carboxylic acids is 1. The summed E-state index contributed by atoms with van der Waals surface area (Å²) < 4.78 is 0. The first kappa shape index (κ1) is 32.2. The summed E-state index contributed by atoms with van der Waals surface area (Å²) in [5.74, 6) is -4.18. The van der Waals surface area contributed by atoms with Crippen molar-refractivity contribution in [1.29, 1.82) is 0 Å². The highest BCUT2D eigenvalue weighted by atomic mass is 16.4. The summed E-state index contributed by atoms with van der Waals surface area (Å²) in [6.07, 6.45) is 0.993. The van der Waals surface area contributed by atoms with E-state index in [0.717, 1.165) is 0 Å². The molecule has 0 aromatic carbocycles. The number of primary amides is 1. The number of unbranched alkanes of at least 4 members (excludes halogenated alkanes) is 2. The highest BCUT2D eigenvalue weighted by Gasteiger charge is 2.31. The van der Waals surface area contributed by atoms with E-state index < -0.39 is 59.9 Å². The Labute approximate surface area is 204 Å². The third-order valence-electron chi connectivity index (χ3n) is 5.24. The highest BCUT2D eigenvalue weighted by molar-refractivity contribution is 5.94. The average Bonchev–Trinajstić information content (AvgIpc) is 2.78. The van der Waals surface area contributed by atoms with Gasteiger partial charge in [-0.3, -0.25) is 19.2 Å².